The zero-order chi connectivity index (χ0) is 17.6. The van der Waals surface area contributed by atoms with Crippen LogP contribution in [-0.2, 0) is 13.0 Å². The molecule has 0 aliphatic carbocycles. The number of hydrogen-bond acceptors (Lipinski definition) is 6. The summed E-state index contributed by atoms with van der Waals surface area (Å²) in [4.78, 5) is 24.3. The highest BCUT2D eigenvalue weighted by atomic mass is 19.1. The molecule has 3 heterocycles. The highest BCUT2D eigenvalue weighted by molar-refractivity contribution is 5.95. The maximum atomic E-state index is 12.9. The minimum Gasteiger partial charge on any atom is -0.382 e. The molecule has 3 N–H and O–H groups in total. The lowest BCUT2D eigenvalue weighted by Crippen LogP contribution is -2.08. The number of nitrogen functional groups attached to an aromatic ring is 1. The van der Waals surface area contributed by atoms with E-state index in [0.29, 0.717) is 12.4 Å². The van der Waals surface area contributed by atoms with Gasteiger partial charge in [0.2, 0.25) is 0 Å². The summed E-state index contributed by atoms with van der Waals surface area (Å²) < 4.78 is 12.9. The van der Waals surface area contributed by atoms with Crippen LogP contribution in [0, 0.1) is 5.82 Å². The smallest absolute Gasteiger partial charge is 0.185 e. The number of hydrogen-bond donors (Lipinski definition) is 2. The fourth-order valence-corrected chi connectivity index (χ4v) is 2.30. The normalized spacial score (nSPS) is 10.4. The zero-order valence-electron chi connectivity index (χ0n) is 13.3. The number of aromatic nitrogens is 3. The average molecular weight is 337 g/mol. The molecule has 0 bridgehead atoms. The lowest BCUT2D eigenvalue weighted by molar-refractivity contribution is 0.0988. The molecule has 0 aliphatic rings. The van der Waals surface area contributed by atoms with Gasteiger partial charge in [-0.05, 0) is 42.0 Å². The molecule has 0 spiro atoms. The first-order valence-corrected chi connectivity index (χ1v) is 7.65. The SMILES string of the molecule is Nc1ncccc1NCc1cc(CC(=O)c2ccc(F)cn2)ccn1. The summed E-state index contributed by atoms with van der Waals surface area (Å²) in [6.07, 6.45) is 4.47. The molecular formula is C18H16FN5O. The van der Waals surface area contributed by atoms with E-state index in [4.69, 9.17) is 5.73 Å². The van der Waals surface area contributed by atoms with E-state index in [2.05, 4.69) is 20.3 Å². The second-order valence-electron chi connectivity index (χ2n) is 5.41. The highest BCUT2D eigenvalue weighted by Gasteiger charge is 2.10. The number of pyridine rings is 3. The lowest BCUT2D eigenvalue weighted by atomic mass is 10.1. The molecule has 3 rings (SSSR count). The lowest BCUT2D eigenvalue weighted by Gasteiger charge is -2.08. The van der Waals surface area contributed by atoms with Crippen LogP contribution < -0.4 is 11.1 Å². The van der Waals surface area contributed by atoms with Crippen molar-refractivity contribution in [3.63, 3.8) is 0 Å². The van der Waals surface area contributed by atoms with Gasteiger partial charge in [-0.15, -0.1) is 0 Å². The summed E-state index contributed by atoms with van der Waals surface area (Å²) >= 11 is 0. The van der Waals surface area contributed by atoms with Crippen LogP contribution in [0.2, 0.25) is 0 Å². The van der Waals surface area contributed by atoms with E-state index >= 15 is 0 Å². The molecule has 0 fully saturated rings. The van der Waals surface area contributed by atoms with Crippen LogP contribution >= 0.6 is 0 Å². The Kier molecular flexibility index (Phi) is 4.94. The molecule has 0 aromatic carbocycles. The van der Waals surface area contributed by atoms with E-state index in [9.17, 15) is 9.18 Å². The molecule has 126 valence electrons. The van der Waals surface area contributed by atoms with Crippen LogP contribution in [0.3, 0.4) is 0 Å². The first-order valence-electron chi connectivity index (χ1n) is 7.65. The summed E-state index contributed by atoms with van der Waals surface area (Å²) in [6, 6.07) is 9.82. The van der Waals surface area contributed by atoms with Gasteiger partial charge in [-0.2, -0.15) is 0 Å². The van der Waals surface area contributed by atoms with Crippen LogP contribution in [0.1, 0.15) is 21.7 Å². The van der Waals surface area contributed by atoms with Gasteiger partial charge in [0.15, 0.2) is 5.78 Å². The van der Waals surface area contributed by atoms with Crippen molar-refractivity contribution in [1.82, 2.24) is 15.0 Å². The topological polar surface area (TPSA) is 93.8 Å². The van der Waals surface area contributed by atoms with Crippen molar-refractivity contribution in [3.05, 3.63) is 77.8 Å². The first-order chi connectivity index (χ1) is 12.1. The van der Waals surface area contributed by atoms with Gasteiger partial charge in [-0.25, -0.2) is 9.37 Å². The summed E-state index contributed by atoms with van der Waals surface area (Å²) in [6.45, 7) is 0.451. The third-order valence-corrected chi connectivity index (χ3v) is 3.56. The van der Waals surface area contributed by atoms with E-state index in [1.54, 1.807) is 24.5 Å². The number of nitrogens with zero attached hydrogens (tertiary/aromatic N) is 3. The molecule has 7 heteroatoms. The second-order valence-corrected chi connectivity index (χ2v) is 5.41. The van der Waals surface area contributed by atoms with E-state index in [1.807, 2.05) is 12.1 Å². The number of nitrogens with one attached hydrogen (secondary N) is 1. The molecular weight excluding hydrogens is 321 g/mol. The van der Waals surface area contributed by atoms with Crippen molar-refractivity contribution in [2.45, 2.75) is 13.0 Å². The number of halogens is 1. The van der Waals surface area contributed by atoms with Gasteiger partial charge in [0.05, 0.1) is 24.1 Å². The molecule has 0 radical (unpaired) electrons. The molecule has 0 unspecified atom stereocenters. The monoisotopic (exact) mass is 337 g/mol. The van der Waals surface area contributed by atoms with Crippen molar-refractivity contribution in [3.8, 4) is 0 Å². The third kappa shape index (κ3) is 4.35. The Balaban J connectivity index is 1.66. The summed E-state index contributed by atoms with van der Waals surface area (Å²) in [5, 5.41) is 3.16. The molecule has 25 heavy (non-hydrogen) atoms. The number of rotatable bonds is 6. The number of ketones is 1. The minimum absolute atomic E-state index is 0.170. The molecule has 3 aromatic heterocycles. The van der Waals surface area contributed by atoms with Gasteiger partial charge in [-0.1, -0.05) is 0 Å². The molecule has 0 amide bonds. The molecule has 0 aliphatic heterocycles. The van der Waals surface area contributed by atoms with Gasteiger partial charge in [0, 0.05) is 18.8 Å². The number of carbonyl (C=O) groups is 1. The predicted molar refractivity (Wildman–Crippen MR) is 92.4 cm³/mol. The Morgan fingerprint density at radius 1 is 1.12 bits per heavy atom. The Hall–Kier alpha value is -3.35. The summed E-state index contributed by atoms with van der Waals surface area (Å²) in [5.41, 5.74) is 8.32. The van der Waals surface area contributed by atoms with Crippen LogP contribution in [0.4, 0.5) is 15.9 Å². The van der Waals surface area contributed by atoms with Crippen molar-refractivity contribution in [2.24, 2.45) is 0 Å². The Labute approximate surface area is 144 Å². The predicted octanol–water partition coefficient (Wildman–Crippen LogP) is 2.63. The number of nitrogens with two attached hydrogens (primary N) is 1. The van der Waals surface area contributed by atoms with E-state index in [1.165, 1.54) is 12.1 Å². The number of anilines is 2. The largest absolute Gasteiger partial charge is 0.382 e. The van der Waals surface area contributed by atoms with E-state index in [0.717, 1.165) is 23.1 Å². The number of Topliss-reactive ketones (excluding diaryl/α,β-unsaturated/α-hetero) is 1. The van der Waals surface area contributed by atoms with Gasteiger partial charge in [-0.3, -0.25) is 14.8 Å². The highest BCUT2D eigenvalue weighted by Crippen LogP contribution is 2.15. The van der Waals surface area contributed by atoms with Gasteiger partial charge in [0.25, 0.3) is 0 Å². The average Bonchev–Trinajstić information content (AvgIpc) is 2.62. The quantitative estimate of drug-likeness (QED) is 0.672. The minimum atomic E-state index is -0.469. The fraction of sp³-hybridized carbons (Fsp3) is 0.111. The maximum Gasteiger partial charge on any atom is 0.185 e. The van der Waals surface area contributed by atoms with Gasteiger partial charge < -0.3 is 11.1 Å². The molecule has 0 atom stereocenters. The molecule has 6 nitrogen and oxygen atoms in total. The van der Waals surface area contributed by atoms with E-state index in [-0.39, 0.29) is 17.9 Å². The summed E-state index contributed by atoms with van der Waals surface area (Å²) in [7, 11) is 0. The van der Waals surface area contributed by atoms with Crippen LogP contribution in [-0.4, -0.2) is 20.7 Å². The standard InChI is InChI=1S/C18H16FN5O/c19-13-3-4-15(23-10-13)17(25)9-12-5-7-21-14(8-12)11-24-16-2-1-6-22-18(16)20/h1-8,10,24H,9,11H2,(H2,20,22). The first kappa shape index (κ1) is 16.5. The van der Waals surface area contributed by atoms with Gasteiger partial charge >= 0.3 is 0 Å². The Morgan fingerprint density at radius 2 is 2.00 bits per heavy atom. The molecule has 0 saturated heterocycles. The van der Waals surface area contributed by atoms with Gasteiger partial charge in [0.1, 0.15) is 17.3 Å². The molecule has 3 aromatic rings. The third-order valence-electron chi connectivity index (χ3n) is 3.56. The van der Waals surface area contributed by atoms with Crippen LogP contribution in [0.5, 0.6) is 0 Å². The molecule has 0 saturated carbocycles. The Bertz CT molecular complexity index is 883. The van der Waals surface area contributed by atoms with Crippen molar-refractivity contribution < 1.29 is 9.18 Å². The van der Waals surface area contributed by atoms with E-state index < -0.39 is 5.82 Å². The second kappa shape index (κ2) is 7.48. The van der Waals surface area contributed by atoms with Crippen LogP contribution in [0.25, 0.3) is 0 Å². The number of carbonyl (C=O) groups excluding carboxylic acids is 1. The van der Waals surface area contributed by atoms with Crippen molar-refractivity contribution >= 4 is 17.3 Å². The van der Waals surface area contributed by atoms with Crippen molar-refractivity contribution in [2.75, 3.05) is 11.1 Å². The maximum absolute atomic E-state index is 12.9. The van der Waals surface area contributed by atoms with Crippen LogP contribution in [0.15, 0.2) is 55.0 Å². The summed E-state index contributed by atoms with van der Waals surface area (Å²) in [5.74, 6) is -0.235. The zero-order valence-corrected chi connectivity index (χ0v) is 13.3. The van der Waals surface area contributed by atoms with Crippen molar-refractivity contribution in [1.29, 1.82) is 0 Å². The fourth-order valence-electron chi connectivity index (χ4n) is 2.30. The Morgan fingerprint density at radius 3 is 2.76 bits per heavy atom.